The molecule has 2 rings (SSSR count). The average molecular weight is 309 g/mol. The molecule has 0 atom stereocenters. The summed E-state index contributed by atoms with van der Waals surface area (Å²) in [6.07, 6.45) is 4.95. The van der Waals surface area contributed by atoms with Gasteiger partial charge in [0, 0.05) is 19.6 Å². The van der Waals surface area contributed by atoms with Crippen molar-refractivity contribution in [3.63, 3.8) is 0 Å². The van der Waals surface area contributed by atoms with E-state index < -0.39 is 0 Å². The molecular weight excluding hydrogens is 286 g/mol. The fourth-order valence-corrected chi connectivity index (χ4v) is 3.58. The third kappa shape index (κ3) is 3.92. The number of rotatable bonds is 6. The van der Waals surface area contributed by atoms with Gasteiger partial charge >= 0.3 is 0 Å². The molecule has 0 radical (unpaired) electrons. The molecule has 1 aromatic rings. The topological polar surface area (TPSA) is 46.6 Å². The second-order valence-corrected chi connectivity index (χ2v) is 6.68. The van der Waals surface area contributed by atoms with E-state index in [0.29, 0.717) is 23.9 Å². The minimum Gasteiger partial charge on any atom is -0.383 e. The van der Waals surface area contributed by atoms with Crippen LogP contribution < -0.4 is 4.90 Å². The smallest absolute Gasteiger partial charge is 0.230 e. The standard InChI is InChI=1S/C16H23NO3S/c1-12-3-5-13(6-4-12)16(19)17(8-9-20-2)14-7-10-21-15(14)11-18/h7,10-13H,3-6,8-9H2,1-2H3/t12-,13-. The van der Waals surface area contributed by atoms with Crippen LogP contribution in [0.3, 0.4) is 0 Å². The van der Waals surface area contributed by atoms with Gasteiger partial charge in [0.1, 0.15) is 0 Å². The quantitative estimate of drug-likeness (QED) is 0.757. The number of amides is 1. The predicted octanol–water partition coefficient (Wildman–Crippen LogP) is 3.37. The molecular formula is C16H23NO3S. The van der Waals surface area contributed by atoms with E-state index in [2.05, 4.69) is 6.92 Å². The van der Waals surface area contributed by atoms with E-state index >= 15 is 0 Å². The number of carbonyl (C=O) groups excluding carboxylic acids is 2. The Kier molecular flexibility index (Phi) is 5.94. The van der Waals surface area contributed by atoms with Gasteiger partial charge in [-0.15, -0.1) is 11.3 Å². The van der Waals surface area contributed by atoms with E-state index in [-0.39, 0.29) is 11.8 Å². The number of hydrogen-bond acceptors (Lipinski definition) is 4. The third-order valence-corrected chi connectivity index (χ3v) is 5.05. The van der Waals surface area contributed by atoms with Crippen LogP contribution in [0.4, 0.5) is 5.69 Å². The van der Waals surface area contributed by atoms with Crippen LogP contribution in [0, 0.1) is 11.8 Å². The number of methoxy groups -OCH3 is 1. The first-order valence-corrected chi connectivity index (χ1v) is 8.38. The highest BCUT2D eigenvalue weighted by Gasteiger charge is 2.29. The fraction of sp³-hybridized carbons (Fsp3) is 0.625. The summed E-state index contributed by atoms with van der Waals surface area (Å²) in [7, 11) is 1.62. The first kappa shape index (κ1) is 16.2. The molecule has 1 saturated carbocycles. The van der Waals surface area contributed by atoms with Gasteiger partial charge in [-0.2, -0.15) is 0 Å². The number of nitrogens with zero attached hydrogens (tertiary/aromatic N) is 1. The zero-order valence-electron chi connectivity index (χ0n) is 12.7. The van der Waals surface area contributed by atoms with E-state index in [0.717, 1.165) is 37.7 Å². The van der Waals surface area contributed by atoms with Crippen LogP contribution in [0.1, 0.15) is 42.3 Å². The molecule has 0 spiro atoms. The van der Waals surface area contributed by atoms with Crippen molar-refractivity contribution in [2.24, 2.45) is 11.8 Å². The van der Waals surface area contributed by atoms with Gasteiger partial charge in [-0.3, -0.25) is 9.59 Å². The molecule has 5 heteroatoms. The van der Waals surface area contributed by atoms with Gasteiger partial charge in [0.25, 0.3) is 0 Å². The summed E-state index contributed by atoms with van der Waals surface area (Å²) in [6, 6.07) is 1.85. The van der Waals surface area contributed by atoms with Crippen LogP contribution >= 0.6 is 11.3 Å². The Morgan fingerprint density at radius 2 is 2.14 bits per heavy atom. The second kappa shape index (κ2) is 7.71. The first-order valence-electron chi connectivity index (χ1n) is 7.50. The fourth-order valence-electron chi connectivity index (χ4n) is 2.88. The van der Waals surface area contributed by atoms with Gasteiger partial charge in [0.2, 0.25) is 5.91 Å². The van der Waals surface area contributed by atoms with Crippen LogP contribution in [-0.4, -0.2) is 32.5 Å². The number of thiophene rings is 1. The normalized spacial score (nSPS) is 22.0. The molecule has 1 heterocycles. The summed E-state index contributed by atoms with van der Waals surface area (Å²) < 4.78 is 5.12. The van der Waals surface area contributed by atoms with E-state index in [1.54, 1.807) is 12.0 Å². The zero-order valence-corrected chi connectivity index (χ0v) is 13.5. The number of carbonyl (C=O) groups is 2. The van der Waals surface area contributed by atoms with Crippen LogP contribution in [0.25, 0.3) is 0 Å². The molecule has 4 nitrogen and oxygen atoms in total. The molecule has 21 heavy (non-hydrogen) atoms. The molecule has 0 bridgehead atoms. The highest BCUT2D eigenvalue weighted by atomic mass is 32.1. The van der Waals surface area contributed by atoms with Gasteiger partial charge in [0.15, 0.2) is 6.29 Å². The summed E-state index contributed by atoms with van der Waals surface area (Å²) in [4.78, 5) is 26.3. The highest BCUT2D eigenvalue weighted by Crippen LogP contribution is 2.32. The van der Waals surface area contributed by atoms with Gasteiger partial charge in [-0.05, 0) is 43.0 Å². The van der Waals surface area contributed by atoms with E-state index in [4.69, 9.17) is 4.74 Å². The maximum Gasteiger partial charge on any atom is 0.230 e. The molecule has 1 amide bonds. The van der Waals surface area contributed by atoms with Gasteiger partial charge < -0.3 is 9.64 Å². The maximum atomic E-state index is 12.8. The van der Waals surface area contributed by atoms with Crippen LogP contribution in [0.15, 0.2) is 11.4 Å². The van der Waals surface area contributed by atoms with Crippen molar-refractivity contribution >= 4 is 29.2 Å². The number of aldehydes is 1. The minimum absolute atomic E-state index is 0.0810. The molecule has 1 aliphatic rings. The van der Waals surface area contributed by atoms with E-state index in [1.807, 2.05) is 11.4 Å². The van der Waals surface area contributed by atoms with Crippen molar-refractivity contribution < 1.29 is 14.3 Å². The molecule has 0 unspecified atom stereocenters. The average Bonchev–Trinajstić information content (AvgIpc) is 2.96. The first-order chi connectivity index (χ1) is 10.2. The summed E-state index contributed by atoms with van der Waals surface area (Å²) in [5.74, 6) is 0.936. The van der Waals surface area contributed by atoms with Crippen molar-refractivity contribution in [3.8, 4) is 0 Å². The van der Waals surface area contributed by atoms with E-state index in [1.165, 1.54) is 11.3 Å². The lowest BCUT2D eigenvalue weighted by molar-refractivity contribution is -0.123. The van der Waals surface area contributed by atoms with Crippen molar-refractivity contribution in [1.29, 1.82) is 0 Å². The Labute approximate surface area is 130 Å². The molecule has 0 N–H and O–H groups in total. The highest BCUT2D eigenvalue weighted by molar-refractivity contribution is 7.12. The van der Waals surface area contributed by atoms with E-state index in [9.17, 15) is 9.59 Å². The van der Waals surface area contributed by atoms with Crippen LogP contribution in [-0.2, 0) is 9.53 Å². The van der Waals surface area contributed by atoms with Crippen LogP contribution in [0.2, 0.25) is 0 Å². The molecule has 1 aliphatic carbocycles. The predicted molar refractivity (Wildman–Crippen MR) is 85.1 cm³/mol. The minimum atomic E-state index is 0.0810. The van der Waals surface area contributed by atoms with Gasteiger partial charge in [-0.25, -0.2) is 0 Å². The molecule has 0 saturated heterocycles. The number of anilines is 1. The summed E-state index contributed by atoms with van der Waals surface area (Å²) in [5, 5.41) is 1.86. The number of hydrogen-bond donors (Lipinski definition) is 0. The SMILES string of the molecule is COCCN(c1ccsc1C=O)C(=O)[C@H]1CC[C@H](C)CC1. The van der Waals surface area contributed by atoms with Crippen molar-refractivity contribution in [2.45, 2.75) is 32.6 Å². The van der Waals surface area contributed by atoms with Crippen molar-refractivity contribution in [2.75, 3.05) is 25.2 Å². The second-order valence-electron chi connectivity index (χ2n) is 5.73. The van der Waals surface area contributed by atoms with Gasteiger partial charge in [0.05, 0.1) is 17.2 Å². The molecule has 1 aromatic heterocycles. The van der Waals surface area contributed by atoms with Crippen LogP contribution in [0.5, 0.6) is 0 Å². The monoisotopic (exact) mass is 309 g/mol. The zero-order chi connectivity index (χ0) is 15.2. The Morgan fingerprint density at radius 3 is 2.76 bits per heavy atom. The lowest BCUT2D eigenvalue weighted by Crippen LogP contribution is -2.40. The molecule has 1 fully saturated rings. The molecule has 0 aliphatic heterocycles. The Balaban J connectivity index is 2.15. The molecule has 116 valence electrons. The maximum absolute atomic E-state index is 12.8. The lowest BCUT2D eigenvalue weighted by atomic mass is 9.82. The Hall–Kier alpha value is -1.20. The summed E-state index contributed by atoms with van der Waals surface area (Å²) >= 11 is 1.37. The lowest BCUT2D eigenvalue weighted by Gasteiger charge is -2.31. The third-order valence-electron chi connectivity index (χ3n) is 4.22. The number of ether oxygens (including phenoxy) is 1. The Bertz CT molecular complexity index is 478. The molecule has 0 aromatic carbocycles. The Morgan fingerprint density at radius 1 is 1.43 bits per heavy atom. The van der Waals surface area contributed by atoms with Crippen molar-refractivity contribution in [1.82, 2.24) is 0 Å². The summed E-state index contributed by atoms with van der Waals surface area (Å²) in [6.45, 7) is 3.22. The summed E-state index contributed by atoms with van der Waals surface area (Å²) in [5.41, 5.74) is 0.732. The largest absolute Gasteiger partial charge is 0.383 e. The van der Waals surface area contributed by atoms with Crippen molar-refractivity contribution in [3.05, 3.63) is 16.3 Å². The van der Waals surface area contributed by atoms with Gasteiger partial charge in [-0.1, -0.05) is 6.92 Å².